The highest BCUT2D eigenvalue weighted by atomic mass is 16.5. The summed E-state index contributed by atoms with van der Waals surface area (Å²) in [6.45, 7) is 0.149. The normalized spacial score (nSPS) is 10.4. The minimum atomic E-state index is -0.137. The highest BCUT2D eigenvalue weighted by Gasteiger charge is 2.04. The third-order valence-electron chi connectivity index (χ3n) is 3.09. The molecular formula is C18H17NO3. The highest BCUT2D eigenvalue weighted by Crippen LogP contribution is 2.11. The molecule has 22 heavy (non-hydrogen) atoms. The average molecular weight is 295 g/mol. The molecule has 0 aliphatic carbocycles. The Bertz CT molecular complexity index is 660. The van der Waals surface area contributed by atoms with Gasteiger partial charge >= 0.3 is 0 Å². The van der Waals surface area contributed by atoms with Crippen LogP contribution in [0.25, 0.3) is 0 Å². The van der Waals surface area contributed by atoms with E-state index in [0.717, 1.165) is 0 Å². The summed E-state index contributed by atoms with van der Waals surface area (Å²) < 4.78 is 5.04. The zero-order valence-electron chi connectivity index (χ0n) is 12.3. The largest absolute Gasteiger partial charge is 0.497 e. The molecule has 0 radical (unpaired) electrons. The second kappa shape index (κ2) is 7.78. The quantitative estimate of drug-likeness (QED) is 0.630. The van der Waals surface area contributed by atoms with Gasteiger partial charge in [0.1, 0.15) is 5.75 Å². The minimum absolute atomic E-state index is 0.0258. The Morgan fingerprint density at radius 1 is 1.00 bits per heavy atom. The van der Waals surface area contributed by atoms with Gasteiger partial charge in [-0.3, -0.25) is 9.59 Å². The van der Waals surface area contributed by atoms with Crippen molar-refractivity contribution in [2.45, 2.75) is 0 Å². The van der Waals surface area contributed by atoms with Gasteiger partial charge in [-0.1, -0.05) is 30.3 Å². The maximum absolute atomic E-state index is 11.9. The van der Waals surface area contributed by atoms with E-state index in [-0.39, 0.29) is 18.1 Å². The van der Waals surface area contributed by atoms with Crippen molar-refractivity contribution in [3.63, 3.8) is 0 Å². The zero-order chi connectivity index (χ0) is 15.8. The van der Waals surface area contributed by atoms with Crippen molar-refractivity contribution in [3.05, 3.63) is 78.0 Å². The molecule has 2 rings (SSSR count). The number of ether oxygens (including phenoxy) is 1. The van der Waals surface area contributed by atoms with Crippen LogP contribution in [0.3, 0.4) is 0 Å². The van der Waals surface area contributed by atoms with Gasteiger partial charge in [-0.2, -0.15) is 0 Å². The van der Waals surface area contributed by atoms with E-state index in [9.17, 15) is 9.59 Å². The number of ketones is 2. The number of rotatable bonds is 7. The van der Waals surface area contributed by atoms with E-state index in [1.807, 2.05) is 18.2 Å². The van der Waals surface area contributed by atoms with E-state index in [4.69, 9.17) is 4.74 Å². The topological polar surface area (TPSA) is 55.4 Å². The summed E-state index contributed by atoms with van der Waals surface area (Å²) in [5, 5.41) is 2.83. The molecule has 0 spiro atoms. The van der Waals surface area contributed by atoms with Crippen molar-refractivity contribution in [2.24, 2.45) is 0 Å². The van der Waals surface area contributed by atoms with Crippen LogP contribution in [0.4, 0.5) is 0 Å². The lowest BCUT2D eigenvalue weighted by molar-refractivity contribution is 0.0992. The van der Waals surface area contributed by atoms with Crippen molar-refractivity contribution in [1.29, 1.82) is 0 Å². The molecule has 0 fully saturated rings. The van der Waals surface area contributed by atoms with Crippen molar-refractivity contribution in [1.82, 2.24) is 5.32 Å². The first-order chi connectivity index (χ1) is 10.7. The van der Waals surface area contributed by atoms with Crippen LogP contribution in [0, 0.1) is 0 Å². The van der Waals surface area contributed by atoms with Crippen molar-refractivity contribution >= 4 is 11.6 Å². The van der Waals surface area contributed by atoms with E-state index in [1.54, 1.807) is 43.5 Å². The van der Waals surface area contributed by atoms with Gasteiger partial charge in [0.25, 0.3) is 0 Å². The van der Waals surface area contributed by atoms with Crippen LogP contribution in [0.5, 0.6) is 5.75 Å². The van der Waals surface area contributed by atoms with E-state index >= 15 is 0 Å². The summed E-state index contributed by atoms with van der Waals surface area (Å²) in [6, 6.07) is 15.9. The fraction of sp³-hybridized carbons (Fsp3) is 0.111. The lowest BCUT2D eigenvalue weighted by Crippen LogP contribution is -2.18. The maximum Gasteiger partial charge on any atom is 0.187 e. The fourth-order valence-corrected chi connectivity index (χ4v) is 1.86. The van der Waals surface area contributed by atoms with Gasteiger partial charge in [-0.25, -0.2) is 0 Å². The molecule has 0 bridgehead atoms. The maximum atomic E-state index is 11.9. The Hall–Kier alpha value is -2.88. The molecule has 4 heteroatoms. The molecule has 0 unspecified atom stereocenters. The Labute approximate surface area is 129 Å². The SMILES string of the molecule is COc1ccc(C(=O)/C=C\NCC(=O)c2ccccc2)cc1. The van der Waals surface area contributed by atoms with Gasteiger partial charge in [0.15, 0.2) is 11.6 Å². The predicted molar refractivity (Wildman–Crippen MR) is 85.2 cm³/mol. The zero-order valence-corrected chi connectivity index (χ0v) is 12.3. The van der Waals surface area contributed by atoms with Crippen LogP contribution in [-0.4, -0.2) is 25.2 Å². The van der Waals surface area contributed by atoms with Crippen LogP contribution in [0.2, 0.25) is 0 Å². The van der Waals surface area contributed by atoms with E-state index in [0.29, 0.717) is 16.9 Å². The second-order valence-electron chi connectivity index (χ2n) is 4.60. The number of allylic oxidation sites excluding steroid dienone is 1. The monoisotopic (exact) mass is 295 g/mol. The molecule has 4 nitrogen and oxygen atoms in total. The summed E-state index contributed by atoms with van der Waals surface area (Å²) in [4.78, 5) is 23.7. The Morgan fingerprint density at radius 3 is 2.32 bits per heavy atom. The number of hydrogen-bond donors (Lipinski definition) is 1. The molecule has 0 saturated carbocycles. The average Bonchev–Trinajstić information content (AvgIpc) is 2.59. The number of carbonyl (C=O) groups is 2. The van der Waals surface area contributed by atoms with Gasteiger partial charge in [-0.15, -0.1) is 0 Å². The first-order valence-corrected chi connectivity index (χ1v) is 6.87. The van der Waals surface area contributed by atoms with Crippen molar-refractivity contribution in [2.75, 3.05) is 13.7 Å². The number of benzene rings is 2. The number of carbonyl (C=O) groups excluding carboxylic acids is 2. The molecule has 112 valence electrons. The number of hydrogen-bond acceptors (Lipinski definition) is 4. The van der Waals surface area contributed by atoms with E-state index in [1.165, 1.54) is 12.3 Å². The Kier molecular flexibility index (Phi) is 5.49. The molecule has 2 aromatic carbocycles. The highest BCUT2D eigenvalue weighted by molar-refractivity contribution is 6.04. The Balaban J connectivity index is 1.84. The number of nitrogens with one attached hydrogen (secondary N) is 1. The van der Waals surface area contributed by atoms with Gasteiger partial charge in [0.2, 0.25) is 0 Å². The van der Waals surface area contributed by atoms with Gasteiger partial charge in [0.05, 0.1) is 13.7 Å². The fourth-order valence-electron chi connectivity index (χ4n) is 1.86. The lowest BCUT2D eigenvalue weighted by Gasteiger charge is -2.01. The van der Waals surface area contributed by atoms with Crippen molar-refractivity contribution < 1.29 is 14.3 Å². The van der Waals surface area contributed by atoms with Gasteiger partial charge in [0, 0.05) is 23.4 Å². The van der Waals surface area contributed by atoms with E-state index in [2.05, 4.69) is 5.32 Å². The molecule has 1 N–H and O–H groups in total. The van der Waals surface area contributed by atoms with Crippen LogP contribution in [-0.2, 0) is 0 Å². The van der Waals surface area contributed by atoms with Gasteiger partial charge in [-0.05, 0) is 24.3 Å². The molecule has 0 amide bonds. The molecule has 0 heterocycles. The summed E-state index contributed by atoms with van der Waals surface area (Å²) >= 11 is 0. The predicted octanol–water partition coefficient (Wildman–Crippen LogP) is 2.86. The molecule has 0 aromatic heterocycles. The smallest absolute Gasteiger partial charge is 0.187 e. The first kappa shape index (κ1) is 15.5. The molecule has 0 saturated heterocycles. The summed E-state index contributed by atoms with van der Waals surface area (Å²) in [7, 11) is 1.57. The summed E-state index contributed by atoms with van der Waals surface area (Å²) in [5.41, 5.74) is 1.21. The molecular weight excluding hydrogens is 278 g/mol. The van der Waals surface area contributed by atoms with Crippen LogP contribution >= 0.6 is 0 Å². The van der Waals surface area contributed by atoms with Gasteiger partial charge < -0.3 is 10.1 Å². The van der Waals surface area contributed by atoms with Crippen LogP contribution in [0.1, 0.15) is 20.7 Å². The van der Waals surface area contributed by atoms with E-state index < -0.39 is 0 Å². The second-order valence-corrected chi connectivity index (χ2v) is 4.60. The third kappa shape index (κ3) is 4.31. The summed E-state index contributed by atoms with van der Waals surface area (Å²) in [6.07, 6.45) is 2.90. The number of Topliss-reactive ketones (excluding diaryl/α,β-unsaturated/α-hetero) is 1. The molecule has 0 aliphatic rings. The summed E-state index contributed by atoms with van der Waals surface area (Å²) in [5.74, 6) is 0.538. The Morgan fingerprint density at radius 2 is 1.68 bits per heavy atom. The molecule has 0 atom stereocenters. The standard InChI is InChI=1S/C18H17NO3/c1-22-16-9-7-15(8-10-16)17(20)11-12-19-13-18(21)14-5-3-2-4-6-14/h2-12,19H,13H2,1H3/b12-11-. The first-order valence-electron chi connectivity index (χ1n) is 6.87. The minimum Gasteiger partial charge on any atom is -0.497 e. The van der Waals surface area contributed by atoms with Crippen LogP contribution in [0.15, 0.2) is 66.9 Å². The van der Waals surface area contributed by atoms with Crippen molar-refractivity contribution in [3.8, 4) is 5.75 Å². The number of methoxy groups -OCH3 is 1. The lowest BCUT2D eigenvalue weighted by atomic mass is 10.1. The van der Waals surface area contributed by atoms with Crippen LogP contribution < -0.4 is 10.1 Å². The molecule has 0 aliphatic heterocycles. The third-order valence-corrected chi connectivity index (χ3v) is 3.09. The molecule has 2 aromatic rings.